The lowest BCUT2D eigenvalue weighted by Crippen LogP contribution is -2.41. The fourth-order valence-corrected chi connectivity index (χ4v) is 3.71. The number of Topliss-reactive ketones (excluding diaryl/α,β-unsaturated/α-hetero) is 1. The summed E-state index contributed by atoms with van der Waals surface area (Å²) < 4.78 is 5.03. The number of hydrogen-bond acceptors (Lipinski definition) is 5. The van der Waals surface area contributed by atoms with Crippen molar-refractivity contribution in [3.63, 3.8) is 0 Å². The van der Waals surface area contributed by atoms with Crippen LogP contribution in [0.3, 0.4) is 0 Å². The molecule has 0 spiro atoms. The van der Waals surface area contributed by atoms with Crippen molar-refractivity contribution in [2.24, 2.45) is 0 Å². The summed E-state index contributed by atoms with van der Waals surface area (Å²) in [6.07, 6.45) is 0. The number of benzene rings is 1. The van der Waals surface area contributed by atoms with Crippen molar-refractivity contribution in [2.75, 3.05) is 13.2 Å². The number of esters is 1. The Morgan fingerprint density at radius 1 is 1.17 bits per heavy atom. The summed E-state index contributed by atoms with van der Waals surface area (Å²) in [6.45, 7) is 6.28. The van der Waals surface area contributed by atoms with Gasteiger partial charge in [-0.25, -0.2) is 9.59 Å². The van der Waals surface area contributed by atoms with Crippen LogP contribution in [0.25, 0.3) is 0 Å². The molecule has 158 valence electrons. The van der Waals surface area contributed by atoms with Crippen molar-refractivity contribution in [1.82, 2.24) is 15.2 Å². The van der Waals surface area contributed by atoms with Crippen LogP contribution >= 0.6 is 11.6 Å². The number of carbonyl (C=O) groups excluding carboxylic acids is 4. The Balaban J connectivity index is 1.85. The van der Waals surface area contributed by atoms with Crippen molar-refractivity contribution < 1.29 is 23.9 Å². The van der Waals surface area contributed by atoms with Gasteiger partial charge in [0.1, 0.15) is 5.54 Å². The monoisotopic (exact) mass is 431 g/mol. The van der Waals surface area contributed by atoms with Gasteiger partial charge in [-0.1, -0.05) is 23.7 Å². The largest absolute Gasteiger partial charge is 0.462 e. The molecular weight excluding hydrogens is 410 g/mol. The summed E-state index contributed by atoms with van der Waals surface area (Å²) in [7, 11) is 0. The number of nitrogens with zero attached hydrogens (tertiary/aromatic N) is 1. The van der Waals surface area contributed by atoms with Crippen LogP contribution in [0.5, 0.6) is 0 Å². The van der Waals surface area contributed by atoms with Crippen LogP contribution in [0.2, 0.25) is 5.02 Å². The Kier molecular flexibility index (Phi) is 5.72. The highest BCUT2D eigenvalue weighted by Crippen LogP contribution is 2.30. The minimum absolute atomic E-state index is 0.163. The first-order valence-electron chi connectivity index (χ1n) is 9.39. The summed E-state index contributed by atoms with van der Waals surface area (Å²) in [5.74, 6) is -1.57. The van der Waals surface area contributed by atoms with Crippen LogP contribution in [0.4, 0.5) is 4.79 Å². The number of aromatic amines is 1. The smallest absolute Gasteiger partial charge is 0.340 e. The zero-order valence-corrected chi connectivity index (χ0v) is 17.8. The van der Waals surface area contributed by atoms with Gasteiger partial charge in [-0.3, -0.25) is 14.5 Å². The van der Waals surface area contributed by atoms with Crippen LogP contribution in [0.1, 0.15) is 51.5 Å². The lowest BCUT2D eigenvalue weighted by atomic mass is 9.92. The van der Waals surface area contributed by atoms with E-state index < -0.39 is 35.8 Å². The molecule has 3 rings (SSSR count). The first kappa shape index (κ1) is 21.6. The minimum Gasteiger partial charge on any atom is -0.462 e. The number of aromatic nitrogens is 1. The van der Waals surface area contributed by atoms with Crippen LogP contribution in [-0.4, -0.2) is 46.7 Å². The van der Waals surface area contributed by atoms with Gasteiger partial charge in [-0.2, -0.15) is 0 Å². The summed E-state index contributed by atoms with van der Waals surface area (Å²) in [5, 5.41) is 3.15. The zero-order valence-electron chi connectivity index (χ0n) is 17.1. The Morgan fingerprint density at radius 2 is 1.80 bits per heavy atom. The summed E-state index contributed by atoms with van der Waals surface area (Å²) >= 11 is 5.90. The van der Waals surface area contributed by atoms with Gasteiger partial charge in [0.05, 0.1) is 24.4 Å². The predicted octanol–water partition coefficient (Wildman–Crippen LogP) is 3.11. The number of aryl methyl sites for hydroxylation is 1. The maximum Gasteiger partial charge on any atom is 0.340 e. The van der Waals surface area contributed by atoms with E-state index in [1.807, 2.05) is 0 Å². The molecule has 9 heteroatoms. The van der Waals surface area contributed by atoms with E-state index in [1.54, 1.807) is 52.0 Å². The van der Waals surface area contributed by atoms with Gasteiger partial charge in [0.25, 0.3) is 5.91 Å². The number of halogens is 1. The first-order chi connectivity index (χ1) is 14.1. The number of imide groups is 1. The van der Waals surface area contributed by atoms with E-state index >= 15 is 0 Å². The van der Waals surface area contributed by atoms with E-state index in [2.05, 4.69) is 10.3 Å². The molecule has 0 unspecified atom stereocenters. The summed E-state index contributed by atoms with van der Waals surface area (Å²) in [5.41, 5.74) is 0.593. The van der Waals surface area contributed by atoms with Crippen LogP contribution < -0.4 is 5.32 Å². The summed E-state index contributed by atoms with van der Waals surface area (Å²) in [6, 6.07) is 5.87. The number of rotatable bonds is 6. The van der Waals surface area contributed by atoms with E-state index in [-0.39, 0.29) is 17.9 Å². The fourth-order valence-electron chi connectivity index (χ4n) is 3.58. The molecule has 2 heterocycles. The first-order valence-corrected chi connectivity index (χ1v) is 9.77. The van der Waals surface area contributed by atoms with Crippen LogP contribution in [0, 0.1) is 13.8 Å². The zero-order chi connectivity index (χ0) is 22.2. The lowest BCUT2D eigenvalue weighted by molar-refractivity contribution is -0.130. The van der Waals surface area contributed by atoms with Crippen molar-refractivity contribution in [3.8, 4) is 0 Å². The molecule has 1 aromatic carbocycles. The highest BCUT2D eigenvalue weighted by atomic mass is 35.5. The second-order valence-electron chi connectivity index (χ2n) is 7.22. The molecule has 1 aliphatic rings. The quantitative estimate of drug-likeness (QED) is 0.415. The third-order valence-corrected chi connectivity index (χ3v) is 5.45. The molecule has 1 fully saturated rings. The number of amides is 3. The molecule has 2 N–H and O–H groups in total. The topological polar surface area (TPSA) is 109 Å². The Labute approximate surface area is 178 Å². The maximum absolute atomic E-state index is 13.0. The van der Waals surface area contributed by atoms with Crippen molar-refractivity contribution in [1.29, 1.82) is 0 Å². The number of hydrogen-bond donors (Lipinski definition) is 2. The van der Waals surface area contributed by atoms with Gasteiger partial charge >= 0.3 is 12.0 Å². The predicted molar refractivity (Wildman–Crippen MR) is 110 cm³/mol. The van der Waals surface area contributed by atoms with E-state index in [9.17, 15) is 19.2 Å². The average molecular weight is 432 g/mol. The highest BCUT2D eigenvalue weighted by Gasteiger charge is 2.49. The molecule has 3 amide bonds. The third-order valence-electron chi connectivity index (χ3n) is 5.19. The maximum atomic E-state index is 13.0. The number of ether oxygens (including phenoxy) is 1. The Morgan fingerprint density at radius 3 is 2.40 bits per heavy atom. The third kappa shape index (κ3) is 3.59. The van der Waals surface area contributed by atoms with Gasteiger partial charge < -0.3 is 15.0 Å². The van der Waals surface area contributed by atoms with Crippen molar-refractivity contribution in [3.05, 3.63) is 57.4 Å². The molecule has 30 heavy (non-hydrogen) atoms. The summed E-state index contributed by atoms with van der Waals surface area (Å²) in [4.78, 5) is 54.3. The SMILES string of the molecule is CCOC(=O)c1c(C)[nH]c(C(=O)CN2C(=O)N[C@@](C)(c3ccc(Cl)cc3)C2=O)c1C. The van der Waals surface area contributed by atoms with Gasteiger partial charge in [-0.15, -0.1) is 0 Å². The molecule has 0 bridgehead atoms. The second kappa shape index (κ2) is 7.95. The second-order valence-corrected chi connectivity index (χ2v) is 7.66. The standard InChI is InChI=1S/C21H22ClN3O5/c1-5-30-18(27)16-11(2)17(23-12(16)3)15(26)10-25-19(28)21(4,24-20(25)29)13-6-8-14(22)9-7-13/h6-9,23H,5,10H2,1-4H3,(H,24,29)/t21-/m0/s1. The normalized spacial score (nSPS) is 18.5. The average Bonchev–Trinajstić information content (AvgIpc) is 3.10. The molecule has 1 atom stereocenters. The molecule has 1 saturated heterocycles. The van der Waals surface area contributed by atoms with Gasteiger partial charge in [0, 0.05) is 10.7 Å². The minimum atomic E-state index is -1.31. The molecule has 0 saturated carbocycles. The number of H-pyrrole nitrogens is 1. The molecule has 0 radical (unpaired) electrons. The van der Waals surface area contributed by atoms with Gasteiger partial charge in [-0.05, 0) is 51.0 Å². The molecule has 1 aromatic heterocycles. The van der Waals surface area contributed by atoms with Crippen LogP contribution in [-0.2, 0) is 15.1 Å². The number of urea groups is 1. The van der Waals surface area contributed by atoms with Gasteiger partial charge in [0.15, 0.2) is 5.78 Å². The molecule has 0 aliphatic carbocycles. The van der Waals surface area contributed by atoms with Gasteiger partial charge in [0.2, 0.25) is 0 Å². The van der Waals surface area contributed by atoms with Crippen molar-refractivity contribution in [2.45, 2.75) is 33.2 Å². The molecule has 2 aromatic rings. The Bertz CT molecular complexity index is 1040. The fraction of sp³-hybridized carbons (Fsp3) is 0.333. The highest BCUT2D eigenvalue weighted by molar-refractivity contribution is 6.30. The number of carbonyl (C=O) groups is 4. The van der Waals surface area contributed by atoms with Crippen molar-refractivity contribution >= 4 is 35.3 Å². The van der Waals surface area contributed by atoms with E-state index in [1.165, 1.54) is 0 Å². The van der Waals surface area contributed by atoms with E-state index in [4.69, 9.17) is 16.3 Å². The van der Waals surface area contributed by atoms with E-state index in [0.29, 0.717) is 21.8 Å². The number of nitrogens with one attached hydrogen (secondary N) is 2. The van der Waals surface area contributed by atoms with Crippen LogP contribution in [0.15, 0.2) is 24.3 Å². The Hall–Kier alpha value is -3.13. The molecule has 8 nitrogen and oxygen atoms in total. The van der Waals surface area contributed by atoms with E-state index in [0.717, 1.165) is 4.90 Å². The lowest BCUT2D eigenvalue weighted by Gasteiger charge is -2.22. The number of ketones is 1. The molecule has 1 aliphatic heterocycles. The molecular formula is C21H22ClN3O5.